The lowest BCUT2D eigenvalue weighted by Gasteiger charge is -2.07. The molecule has 3 aromatic rings. The molecule has 0 fully saturated rings. The van der Waals surface area contributed by atoms with Crippen molar-refractivity contribution in [3.8, 4) is 17.4 Å². The van der Waals surface area contributed by atoms with E-state index in [9.17, 15) is 9.59 Å². The molecule has 31 heavy (non-hydrogen) atoms. The number of hydrogen-bond acceptors (Lipinski definition) is 6. The van der Waals surface area contributed by atoms with Crippen molar-refractivity contribution in [2.45, 2.75) is 13.5 Å². The average molecular weight is 436 g/mol. The SMILES string of the molecule is CCOC(=O)/C(C#N)=C/c1ccc(-c2cccc(C(=O)OCc3ccccc3Cl)c2)o1. The summed E-state index contributed by atoms with van der Waals surface area (Å²) in [6.07, 6.45) is 1.31. The zero-order valence-electron chi connectivity index (χ0n) is 16.6. The number of ether oxygens (including phenoxy) is 2. The lowest BCUT2D eigenvalue weighted by molar-refractivity contribution is -0.137. The lowest BCUT2D eigenvalue weighted by atomic mass is 10.1. The molecular formula is C24H18ClNO5. The Morgan fingerprint density at radius 3 is 2.65 bits per heavy atom. The molecule has 6 nitrogen and oxygen atoms in total. The largest absolute Gasteiger partial charge is 0.462 e. The summed E-state index contributed by atoms with van der Waals surface area (Å²) in [4.78, 5) is 24.2. The highest BCUT2D eigenvalue weighted by Crippen LogP contribution is 2.25. The van der Waals surface area contributed by atoms with E-state index in [0.717, 1.165) is 0 Å². The van der Waals surface area contributed by atoms with Crippen LogP contribution in [0.4, 0.5) is 0 Å². The second-order valence-electron chi connectivity index (χ2n) is 6.34. The van der Waals surface area contributed by atoms with Gasteiger partial charge in [-0.3, -0.25) is 0 Å². The van der Waals surface area contributed by atoms with Crippen LogP contribution in [0.3, 0.4) is 0 Å². The van der Waals surface area contributed by atoms with Crippen LogP contribution in [0.2, 0.25) is 5.02 Å². The molecular weight excluding hydrogens is 418 g/mol. The van der Waals surface area contributed by atoms with E-state index in [1.165, 1.54) is 6.08 Å². The summed E-state index contributed by atoms with van der Waals surface area (Å²) in [5.74, 6) is -0.437. The van der Waals surface area contributed by atoms with Crippen molar-refractivity contribution < 1.29 is 23.5 Å². The molecule has 156 valence electrons. The fourth-order valence-corrected chi connectivity index (χ4v) is 2.91. The quantitative estimate of drug-likeness (QED) is 0.279. The van der Waals surface area contributed by atoms with Gasteiger partial charge in [0.05, 0.1) is 12.2 Å². The van der Waals surface area contributed by atoms with Gasteiger partial charge in [0.1, 0.15) is 29.8 Å². The van der Waals surface area contributed by atoms with Gasteiger partial charge in [0.2, 0.25) is 0 Å². The van der Waals surface area contributed by atoms with Gasteiger partial charge in [0.25, 0.3) is 0 Å². The third-order valence-electron chi connectivity index (χ3n) is 4.23. The molecule has 0 atom stereocenters. The Hall–Kier alpha value is -3.82. The van der Waals surface area contributed by atoms with E-state index in [-0.39, 0.29) is 18.8 Å². The Kier molecular flexibility index (Phi) is 7.26. The van der Waals surface area contributed by atoms with Crippen LogP contribution in [0.15, 0.2) is 70.7 Å². The van der Waals surface area contributed by atoms with E-state index in [0.29, 0.717) is 33.2 Å². The first kappa shape index (κ1) is 21.9. The van der Waals surface area contributed by atoms with Crippen molar-refractivity contribution >= 4 is 29.6 Å². The van der Waals surface area contributed by atoms with Crippen molar-refractivity contribution in [3.63, 3.8) is 0 Å². The first-order valence-corrected chi connectivity index (χ1v) is 9.79. The third kappa shape index (κ3) is 5.62. The minimum Gasteiger partial charge on any atom is -0.462 e. The molecule has 0 spiro atoms. The van der Waals surface area contributed by atoms with E-state index in [1.807, 2.05) is 6.07 Å². The Morgan fingerprint density at radius 1 is 1.10 bits per heavy atom. The van der Waals surface area contributed by atoms with Crippen LogP contribution in [-0.4, -0.2) is 18.5 Å². The van der Waals surface area contributed by atoms with Gasteiger partial charge in [-0.1, -0.05) is 41.9 Å². The van der Waals surface area contributed by atoms with Crippen LogP contribution in [0, 0.1) is 11.3 Å². The summed E-state index contributed by atoms with van der Waals surface area (Å²) in [5.41, 5.74) is 1.54. The Balaban J connectivity index is 1.75. The zero-order chi connectivity index (χ0) is 22.2. The number of hydrogen-bond donors (Lipinski definition) is 0. The van der Waals surface area contributed by atoms with Crippen LogP contribution >= 0.6 is 11.6 Å². The maximum atomic E-state index is 12.4. The molecule has 2 aromatic carbocycles. The summed E-state index contributed by atoms with van der Waals surface area (Å²) >= 11 is 6.09. The number of furan rings is 1. The fourth-order valence-electron chi connectivity index (χ4n) is 2.72. The Bertz CT molecular complexity index is 1170. The second-order valence-corrected chi connectivity index (χ2v) is 6.75. The molecule has 0 aliphatic rings. The van der Waals surface area contributed by atoms with Crippen molar-refractivity contribution in [1.82, 2.24) is 0 Å². The van der Waals surface area contributed by atoms with Crippen molar-refractivity contribution in [2.75, 3.05) is 6.61 Å². The number of benzene rings is 2. The van der Waals surface area contributed by atoms with E-state index in [2.05, 4.69) is 0 Å². The van der Waals surface area contributed by atoms with Gasteiger partial charge in [0, 0.05) is 22.2 Å². The molecule has 0 aliphatic heterocycles. The molecule has 0 saturated carbocycles. The van der Waals surface area contributed by atoms with Gasteiger partial charge in [0.15, 0.2) is 0 Å². The zero-order valence-corrected chi connectivity index (χ0v) is 17.4. The van der Waals surface area contributed by atoms with E-state index in [4.69, 9.17) is 30.8 Å². The molecule has 0 bridgehead atoms. The number of esters is 2. The highest BCUT2D eigenvalue weighted by Gasteiger charge is 2.14. The topological polar surface area (TPSA) is 89.5 Å². The minimum absolute atomic E-state index is 0.0588. The molecule has 0 saturated heterocycles. The van der Waals surface area contributed by atoms with Gasteiger partial charge in [-0.05, 0) is 37.3 Å². The first-order valence-electron chi connectivity index (χ1n) is 9.41. The van der Waals surface area contributed by atoms with Gasteiger partial charge in [-0.15, -0.1) is 0 Å². The first-order chi connectivity index (χ1) is 15.0. The number of carbonyl (C=O) groups is 2. The van der Waals surface area contributed by atoms with Crippen LogP contribution in [0.1, 0.15) is 28.6 Å². The molecule has 0 aliphatic carbocycles. The van der Waals surface area contributed by atoms with Gasteiger partial charge >= 0.3 is 11.9 Å². The van der Waals surface area contributed by atoms with Crippen LogP contribution in [0.5, 0.6) is 0 Å². The molecule has 0 amide bonds. The summed E-state index contributed by atoms with van der Waals surface area (Å²) in [6, 6.07) is 19.0. The molecule has 1 aromatic heterocycles. The Labute approximate surface area is 184 Å². The number of nitrogens with zero attached hydrogens (tertiary/aromatic N) is 1. The van der Waals surface area contributed by atoms with Crippen LogP contribution in [0.25, 0.3) is 17.4 Å². The summed E-state index contributed by atoms with van der Waals surface area (Å²) in [5, 5.41) is 9.66. The molecule has 0 N–H and O–H groups in total. The number of nitriles is 1. The molecule has 3 rings (SSSR count). The highest BCUT2D eigenvalue weighted by molar-refractivity contribution is 6.31. The second kappa shape index (κ2) is 10.3. The molecule has 7 heteroatoms. The normalized spacial score (nSPS) is 10.9. The number of rotatable bonds is 7. The standard InChI is InChI=1S/C24H18ClNO5/c1-2-29-24(28)19(14-26)13-20-10-11-22(31-20)16-7-5-8-17(12-16)23(27)30-15-18-6-3-4-9-21(18)25/h3-13H,2,15H2,1H3/b19-13+. The summed E-state index contributed by atoms with van der Waals surface area (Å²) in [6.45, 7) is 1.88. The third-order valence-corrected chi connectivity index (χ3v) is 4.60. The van der Waals surface area contributed by atoms with E-state index < -0.39 is 11.9 Å². The lowest BCUT2D eigenvalue weighted by Crippen LogP contribution is -2.05. The number of carbonyl (C=O) groups excluding carboxylic acids is 2. The predicted molar refractivity (Wildman–Crippen MR) is 115 cm³/mol. The monoisotopic (exact) mass is 435 g/mol. The number of halogens is 1. The summed E-state index contributed by atoms with van der Waals surface area (Å²) in [7, 11) is 0. The van der Waals surface area contributed by atoms with E-state index >= 15 is 0 Å². The van der Waals surface area contributed by atoms with Crippen molar-refractivity contribution in [3.05, 3.63) is 88.1 Å². The maximum absolute atomic E-state index is 12.4. The molecule has 0 radical (unpaired) electrons. The van der Waals surface area contributed by atoms with E-state index in [1.54, 1.807) is 67.6 Å². The van der Waals surface area contributed by atoms with Gasteiger partial charge < -0.3 is 13.9 Å². The average Bonchev–Trinajstić information content (AvgIpc) is 3.25. The minimum atomic E-state index is -0.716. The van der Waals surface area contributed by atoms with Gasteiger partial charge in [-0.25, -0.2) is 9.59 Å². The fraction of sp³-hybridized carbons (Fsp3) is 0.125. The smallest absolute Gasteiger partial charge is 0.349 e. The van der Waals surface area contributed by atoms with Gasteiger partial charge in [-0.2, -0.15) is 5.26 Å². The van der Waals surface area contributed by atoms with Crippen molar-refractivity contribution in [2.24, 2.45) is 0 Å². The maximum Gasteiger partial charge on any atom is 0.349 e. The van der Waals surface area contributed by atoms with Crippen molar-refractivity contribution in [1.29, 1.82) is 5.26 Å². The molecule has 0 unspecified atom stereocenters. The highest BCUT2D eigenvalue weighted by atomic mass is 35.5. The summed E-state index contributed by atoms with van der Waals surface area (Å²) < 4.78 is 15.9. The van der Waals surface area contributed by atoms with Crippen LogP contribution < -0.4 is 0 Å². The predicted octanol–water partition coefficient (Wildman–Crippen LogP) is 5.43. The Morgan fingerprint density at radius 2 is 1.90 bits per heavy atom. The molecule has 1 heterocycles. The van der Waals surface area contributed by atoms with Crippen LogP contribution in [-0.2, 0) is 20.9 Å².